The van der Waals surface area contributed by atoms with Gasteiger partial charge in [-0.2, -0.15) is 0 Å². The van der Waals surface area contributed by atoms with Gasteiger partial charge in [0.1, 0.15) is 11.0 Å². The van der Waals surface area contributed by atoms with Crippen LogP contribution in [-0.2, 0) is 9.84 Å². The van der Waals surface area contributed by atoms with E-state index in [1.165, 1.54) is 0 Å². The van der Waals surface area contributed by atoms with Gasteiger partial charge in [-0.1, -0.05) is 41.9 Å². The topological polar surface area (TPSA) is 63.2 Å². The van der Waals surface area contributed by atoms with Gasteiger partial charge < -0.3 is 4.90 Å². The van der Waals surface area contributed by atoms with Gasteiger partial charge in [0.2, 0.25) is 0 Å². The van der Waals surface area contributed by atoms with E-state index in [2.05, 4.69) is 9.97 Å². The van der Waals surface area contributed by atoms with Crippen LogP contribution < -0.4 is 4.90 Å². The Kier molecular flexibility index (Phi) is 3.82. The van der Waals surface area contributed by atoms with Gasteiger partial charge in [-0.3, -0.25) is 0 Å². The molecule has 0 amide bonds. The molecule has 2 heterocycles. The first-order valence-corrected chi connectivity index (χ1v) is 8.79. The first kappa shape index (κ1) is 14.3. The molecule has 7 heteroatoms. The molecule has 0 aliphatic carbocycles. The minimum Gasteiger partial charge on any atom is -0.354 e. The van der Waals surface area contributed by atoms with E-state index in [9.17, 15) is 8.42 Å². The van der Waals surface area contributed by atoms with Crippen LogP contribution in [-0.4, -0.2) is 43.0 Å². The van der Waals surface area contributed by atoms with Gasteiger partial charge in [0.15, 0.2) is 15.7 Å². The molecule has 3 rings (SSSR count). The van der Waals surface area contributed by atoms with Crippen molar-refractivity contribution in [1.82, 2.24) is 9.97 Å². The Morgan fingerprint density at radius 3 is 2.38 bits per heavy atom. The van der Waals surface area contributed by atoms with E-state index in [-0.39, 0.29) is 11.5 Å². The van der Waals surface area contributed by atoms with Gasteiger partial charge in [-0.05, 0) is 0 Å². The smallest absolute Gasteiger partial charge is 0.163 e. The average Bonchev–Trinajstić information content (AvgIpc) is 2.47. The Labute approximate surface area is 128 Å². The van der Waals surface area contributed by atoms with E-state index in [0.717, 1.165) is 5.56 Å². The number of hydrogen-bond donors (Lipinski definition) is 0. The molecule has 1 aliphatic rings. The molecular weight excluding hydrogens is 310 g/mol. The average molecular weight is 324 g/mol. The molecule has 2 aromatic rings. The largest absolute Gasteiger partial charge is 0.354 e. The van der Waals surface area contributed by atoms with E-state index in [1.54, 1.807) is 6.07 Å². The van der Waals surface area contributed by atoms with Crippen LogP contribution in [0.15, 0.2) is 36.4 Å². The number of sulfone groups is 1. The minimum atomic E-state index is -2.91. The normalized spacial score (nSPS) is 17.7. The van der Waals surface area contributed by atoms with Crippen molar-refractivity contribution in [3.8, 4) is 11.4 Å². The molecule has 1 fully saturated rings. The van der Waals surface area contributed by atoms with Gasteiger partial charge in [0.05, 0.1) is 11.5 Å². The van der Waals surface area contributed by atoms with Crippen molar-refractivity contribution in [1.29, 1.82) is 0 Å². The summed E-state index contributed by atoms with van der Waals surface area (Å²) >= 11 is 6.08. The number of halogens is 1. The fourth-order valence-corrected chi connectivity index (χ4v) is 3.60. The second-order valence-corrected chi connectivity index (χ2v) is 7.57. The second-order valence-electron chi connectivity index (χ2n) is 4.88. The number of aromatic nitrogens is 2. The lowest BCUT2D eigenvalue weighted by molar-refractivity contribution is 0.586. The summed E-state index contributed by atoms with van der Waals surface area (Å²) in [5, 5.41) is 0.354. The third-order valence-corrected chi connectivity index (χ3v) is 5.18. The Hall–Kier alpha value is -1.66. The van der Waals surface area contributed by atoms with Crippen molar-refractivity contribution in [3.63, 3.8) is 0 Å². The monoisotopic (exact) mass is 323 g/mol. The van der Waals surface area contributed by atoms with Crippen molar-refractivity contribution in [3.05, 3.63) is 41.6 Å². The summed E-state index contributed by atoms with van der Waals surface area (Å²) in [7, 11) is -2.91. The Morgan fingerprint density at radius 2 is 1.71 bits per heavy atom. The van der Waals surface area contributed by atoms with Crippen molar-refractivity contribution in [2.45, 2.75) is 0 Å². The molecule has 110 valence electrons. The first-order valence-electron chi connectivity index (χ1n) is 6.59. The van der Waals surface area contributed by atoms with E-state index < -0.39 is 9.84 Å². The standard InChI is InChI=1S/C14H14ClN3O2S/c15-12-10-13(18-6-8-21(19,20)9-7-18)17-14(16-12)11-4-2-1-3-5-11/h1-5,10H,6-9H2. The fourth-order valence-electron chi connectivity index (χ4n) is 2.23. The van der Waals surface area contributed by atoms with Gasteiger partial charge in [0, 0.05) is 24.7 Å². The van der Waals surface area contributed by atoms with E-state index in [4.69, 9.17) is 11.6 Å². The van der Waals surface area contributed by atoms with Gasteiger partial charge >= 0.3 is 0 Å². The maximum Gasteiger partial charge on any atom is 0.163 e. The summed E-state index contributed by atoms with van der Waals surface area (Å²) < 4.78 is 23.0. The molecule has 1 aromatic heterocycles. The lowest BCUT2D eigenvalue weighted by atomic mass is 10.2. The number of anilines is 1. The number of nitrogens with zero attached hydrogens (tertiary/aromatic N) is 3. The van der Waals surface area contributed by atoms with Crippen LogP contribution in [0, 0.1) is 0 Å². The number of rotatable bonds is 2. The lowest BCUT2D eigenvalue weighted by Crippen LogP contribution is -2.40. The highest BCUT2D eigenvalue weighted by Crippen LogP contribution is 2.23. The zero-order valence-corrected chi connectivity index (χ0v) is 12.8. The molecular formula is C14H14ClN3O2S. The third-order valence-electron chi connectivity index (χ3n) is 3.38. The minimum absolute atomic E-state index is 0.148. The molecule has 0 atom stereocenters. The highest BCUT2D eigenvalue weighted by atomic mass is 35.5. The van der Waals surface area contributed by atoms with Gasteiger partial charge in [-0.25, -0.2) is 18.4 Å². The predicted octanol–water partition coefficient (Wildman–Crippen LogP) is 2.03. The van der Waals surface area contributed by atoms with Crippen LogP contribution in [0.2, 0.25) is 5.15 Å². The number of benzene rings is 1. The van der Waals surface area contributed by atoms with Crippen LogP contribution in [0.3, 0.4) is 0 Å². The predicted molar refractivity (Wildman–Crippen MR) is 83.3 cm³/mol. The molecule has 0 unspecified atom stereocenters. The zero-order valence-electron chi connectivity index (χ0n) is 11.2. The summed E-state index contributed by atoms with van der Waals surface area (Å²) in [5.41, 5.74) is 0.880. The third kappa shape index (κ3) is 3.33. The van der Waals surface area contributed by atoms with Crippen molar-refractivity contribution in [2.24, 2.45) is 0 Å². The SMILES string of the molecule is O=S1(=O)CCN(c2cc(Cl)nc(-c3ccccc3)n2)CC1. The van der Waals surface area contributed by atoms with Crippen LogP contribution in [0.5, 0.6) is 0 Å². The molecule has 5 nitrogen and oxygen atoms in total. The highest BCUT2D eigenvalue weighted by Gasteiger charge is 2.23. The van der Waals surface area contributed by atoms with Crippen LogP contribution in [0.4, 0.5) is 5.82 Å². The molecule has 1 aliphatic heterocycles. The Balaban J connectivity index is 1.92. The highest BCUT2D eigenvalue weighted by molar-refractivity contribution is 7.91. The summed E-state index contributed by atoms with van der Waals surface area (Å²) in [4.78, 5) is 10.7. The molecule has 0 N–H and O–H groups in total. The summed E-state index contributed by atoms with van der Waals surface area (Å²) in [6.07, 6.45) is 0. The van der Waals surface area contributed by atoms with Crippen LogP contribution in [0.1, 0.15) is 0 Å². The van der Waals surface area contributed by atoms with E-state index in [1.807, 2.05) is 35.2 Å². The zero-order chi connectivity index (χ0) is 14.9. The van der Waals surface area contributed by atoms with E-state index in [0.29, 0.717) is 29.9 Å². The molecule has 0 saturated carbocycles. The Bertz CT molecular complexity index is 736. The summed E-state index contributed by atoms with van der Waals surface area (Å²) in [5.74, 6) is 1.51. The summed E-state index contributed by atoms with van der Waals surface area (Å²) in [6.45, 7) is 0.869. The second kappa shape index (κ2) is 5.61. The molecule has 1 aromatic carbocycles. The molecule has 21 heavy (non-hydrogen) atoms. The van der Waals surface area contributed by atoms with Crippen LogP contribution >= 0.6 is 11.6 Å². The van der Waals surface area contributed by atoms with Crippen molar-refractivity contribution in [2.75, 3.05) is 29.5 Å². The van der Waals surface area contributed by atoms with Gasteiger partial charge in [0.25, 0.3) is 0 Å². The maximum absolute atomic E-state index is 11.5. The van der Waals surface area contributed by atoms with Crippen LogP contribution in [0.25, 0.3) is 11.4 Å². The van der Waals surface area contributed by atoms with Gasteiger partial charge in [-0.15, -0.1) is 0 Å². The van der Waals surface area contributed by atoms with Crippen molar-refractivity contribution >= 4 is 27.3 Å². The molecule has 1 saturated heterocycles. The fraction of sp³-hybridized carbons (Fsp3) is 0.286. The van der Waals surface area contributed by atoms with E-state index >= 15 is 0 Å². The molecule has 0 spiro atoms. The lowest BCUT2D eigenvalue weighted by Gasteiger charge is -2.27. The quantitative estimate of drug-likeness (QED) is 0.791. The first-order chi connectivity index (χ1) is 10.0. The number of hydrogen-bond acceptors (Lipinski definition) is 5. The Morgan fingerprint density at radius 1 is 1.05 bits per heavy atom. The van der Waals surface area contributed by atoms with Crippen molar-refractivity contribution < 1.29 is 8.42 Å². The summed E-state index contributed by atoms with van der Waals surface area (Å²) in [6, 6.07) is 11.2. The maximum atomic E-state index is 11.5. The molecule has 0 radical (unpaired) electrons. The molecule has 0 bridgehead atoms.